The summed E-state index contributed by atoms with van der Waals surface area (Å²) in [7, 11) is 0. The van der Waals surface area contributed by atoms with Crippen molar-refractivity contribution in [1.82, 2.24) is 4.90 Å². The largest absolute Gasteiger partial charge is 0.325 e. The molecule has 24 heavy (non-hydrogen) atoms. The lowest BCUT2D eigenvalue weighted by molar-refractivity contribution is -0.140. The summed E-state index contributed by atoms with van der Waals surface area (Å²) in [5, 5.41) is 3.47. The van der Waals surface area contributed by atoms with Crippen LogP contribution in [0.1, 0.15) is 19.3 Å². The molecule has 0 unspecified atom stereocenters. The summed E-state index contributed by atoms with van der Waals surface area (Å²) in [6, 6.07) is 4.76. The Kier molecular flexibility index (Phi) is 4.92. The molecule has 1 aliphatic heterocycles. The summed E-state index contributed by atoms with van der Waals surface area (Å²) in [4.78, 5) is 37.9. The van der Waals surface area contributed by atoms with Gasteiger partial charge in [0.05, 0.1) is 22.5 Å². The molecule has 2 aliphatic rings. The highest BCUT2D eigenvalue weighted by atomic mass is 35.5. The van der Waals surface area contributed by atoms with Crippen molar-refractivity contribution in [1.29, 1.82) is 0 Å². The number of amides is 3. The molecule has 0 radical (unpaired) electrons. The Hall–Kier alpha value is -1.85. The van der Waals surface area contributed by atoms with Gasteiger partial charge in [-0.15, -0.1) is 0 Å². The molecule has 1 saturated heterocycles. The third kappa shape index (κ3) is 3.32. The van der Waals surface area contributed by atoms with Crippen molar-refractivity contribution in [3.63, 3.8) is 0 Å². The number of nitrogens with one attached hydrogen (secondary N) is 1. The molecule has 1 aliphatic carbocycles. The molecule has 7 heteroatoms. The van der Waals surface area contributed by atoms with Crippen LogP contribution in [0, 0.1) is 11.8 Å². The number of likely N-dealkylation sites (tertiary alicyclic amines) is 1. The zero-order valence-electron chi connectivity index (χ0n) is 12.8. The fourth-order valence-electron chi connectivity index (χ4n) is 3.11. The average Bonchev–Trinajstić information content (AvgIpc) is 2.80. The van der Waals surface area contributed by atoms with Crippen molar-refractivity contribution in [2.45, 2.75) is 19.3 Å². The number of benzene rings is 1. The number of anilines is 1. The second kappa shape index (κ2) is 6.95. The van der Waals surface area contributed by atoms with Gasteiger partial charge >= 0.3 is 0 Å². The van der Waals surface area contributed by atoms with Gasteiger partial charge in [0.2, 0.25) is 17.7 Å². The number of carbonyl (C=O) groups excluding carboxylic acids is 3. The van der Waals surface area contributed by atoms with E-state index >= 15 is 0 Å². The van der Waals surface area contributed by atoms with Gasteiger partial charge in [0.15, 0.2) is 0 Å². The van der Waals surface area contributed by atoms with E-state index in [0.29, 0.717) is 28.6 Å². The third-order valence-corrected chi connectivity index (χ3v) is 4.91. The number of carbonyl (C=O) groups is 3. The molecule has 3 rings (SSSR count). The highest BCUT2D eigenvalue weighted by Gasteiger charge is 2.46. The lowest BCUT2D eigenvalue weighted by Gasteiger charge is -2.14. The summed E-state index contributed by atoms with van der Waals surface area (Å²) in [5.74, 6) is -1.20. The Morgan fingerprint density at radius 3 is 2.33 bits per heavy atom. The lowest BCUT2D eigenvalue weighted by Crippen LogP contribution is -2.34. The van der Waals surface area contributed by atoms with Crippen LogP contribution >= 0.6 is 23.2 Å². The summed E-state index contributed by atoms with van der Waals surface area (Å²) < 4.78 is 0. The Morgan fingerprint density at radius 1 is 1.12 bits per heavy atom. The molecule has 0 spiro atoms. The molecule has 1 fully saturated rings. The molecule has 5 nitrogen and oxygen atoms in total. The summed E-state index contributed by atoms with van der Waals surface area (Å²) >= 11 is 11.8. The van der Waals surface area contributed by atoms with Gasteiger partial charge in [-0.05, 0) is 31.0 Å². The first-order valence-corrected chi connectivity index (χ1v) is 8.48. The molecule has 0 bridgehead atoms. The van der Waals surface area contributed by atoms with Crippen molar-refractivity contribution in [3.05, 3.63) is 40.4 Å². The molecule has 1 N–H and O–H groups in total. The van der Waals surface area contributed by atoms with E-state index in [1.165, 1.54) is 11.0 Å². The molecular weight excluding hydrogens is 351 g/mol. The van der Waals surface area contributed by atoms with Gasteiger partial charge in [0.1, 0.15) is 0 Å². The maximum absolute atomic E-state index is 12.3. The topological polar surface area (TPSA) is 66.5 Å². The van der Waals surface area contributed by atoms with Gasteiger partial charge < -0.3 is 5.32 Å². The van der Waals surface area contributed by atoms with Crippen LogP contribution in [0.25, 0.3) is 0 Å². The van der Waals surface area contributed by atoms with Gasteiger partial charge in [-0.2, -0.15) is 0 Å². The molecule has 2 atom stereocenters. The van der Waals surface area contributed by atoms with E-state index in [1.807, 2.05) is 12.2 Å². The van der Waals surface area contributed by atoms with Crippen LogP contribution in [0.3, 0.4) is 0 Å². The molecule has 1 aromatic carbocycles. The van der Waals surface area contributed by atoms with E-state index < -0.39 is 0 Å². The van der Waals surface area contributed by atoms with Crippen LogP contribution in [-0.4, -0.2) is 29.2 Å². The predicted octanol–water partition coefficient (Wildman–Crippen LogP) is 3.27. The fourth-order valence-corrected chi connectivity index (χ4v) is 3.56. The molecule has 3 amide bonds. The zero-order valence-corrected chi connectivity index (χ0v) is 14.3. The number of nitrogens with zero attached hydrogens (tertiary/aromatic N) is 1. The summed E-state index contributed by atoms with van der Waals surface area (Å²) in [5.41, 5.74) is 0.447. The van der Waals surface area contributed by atoms with Crippen molar-refractivity contribution in [2.24, 2.45) is 11.8 Å². The third-order valence-electron chi connectivity index (χ3n) is 4.37. The second-order valence-electron chi connectivity index (χ2n) is 5.91. The fraction of sp³-hybridized carbons (Fsp3) is 0.353. The van der Waals surface area contributed by atoms with Gasteiger partial charge in [-0.1, -0.05) is 35.4 Å². The molecule has 1 aromatic rings. The number of allylic oxidation sites excluding steroid dienone is 2. The molecule has 0 saturated carbocycles. The van der Waals surface area contributed by atoms with Crippen LogP contribution in [0.2, 0.25) is 10.0 Å². The van der Waals surface area contributed by atoms with E-state index in [0.717, 1.165) is 0 Å². The van der Waals surface area contributed by atoms with Gasteiger partial charge in [0.25, 0.3) is 0 Å². The van der Waals surface area contributed by atoms with E-state index in [2.05, 4.69) is 5.32 Å². The zero-order chi connectivity index (χ0) is 17.3. The molecular formula is C17H16Cl2N2O3. The number of rotatable bonds is 4. The molecule has 0 aromatic heterocycles. The number of hydrogen-bond acceptors (Lipinski definition) is 3. The standard InChI is InChI=1S/C17H16Cl2N2O3/c18-10-5-6-14(13(19)9-10)20-15(22)7-8-21-16(23)11-3-1-2-4-12(11)17(21)24/h1-2,5-6,9,11-12H,3-4,7-8H2,(H,20,22)/t11-,12-/m0/s1. The first kappa shape index (κ1) is 17.0. The highest BCUT2D eigenvalue weighted by Crippen LogP contribution is 2.35. The second-order valence-corrected chi connectivity index (χ2v) is 6.75. The van der Waals surface area contributed by atoms with Crippen LogP contribution in [0.5, 0.6) is 0 Å². The molecule has 126 valence electrons. The van der Waals surface area contributed by atoms with E-state index in [9.17, 15) is 14.4 Å². The van der Waals surface area contributed by atoms with Crippen molar-refractivity contribution < 1.29 is 14.4 Å². The Morgan fingerprint density at radius 2 is 1.75 bits per heavy atom. The average molecular weight is 367 g/mol. The van der Waals surface area contributed by atoms with Crippen LogP contribution < -0.4 is 5.32 Å². The predicted molar refractivity (Wildman–Crippen MR) is 91.8 cm³/mol. The van der Waals surface area contributed by atoms with Crippen LogP contribution in [0.15, 0.2) is 30.4 Å². The van der Waals surface area contributed by atoms with Gasteiger partial charge in [-0.3, -0.25) is 19.3 Å². The summed E-state index contributed by atoms with van der Waals surface area (Å²) in [6.45, 7) is 0.0850. The summed E-state index contributed by atoms with van der Waals surface area (Å²) in [6.07, 6.45) is 5.09. The van der Waals surface area contributed by atoms with Crippen molar-refractivity contribution in [2.75, 3.05) is 11.9 Å². The number of fused-ring (bicyclic) bond motifs is 1. The normalized spacial score (nSPS) is 22.7. The Labute approximate surface area is 149 Å². The van der Waals surface area contributed by atoms with E-state index in [-0.39, 0.29) is 42.5 Å². The quantitative estimate of drug-likeness (QED) is 0.656. The van der Waals surface area contributed by atoms with Crippen molar-refractivity contribution >= 4 is 46.6 Å². The highest BCUT2D eigenvalue weighted by molar-refractivity contribution is 6.36. The minimum atomic E-state index is -0.312. The Balaban J connectivity index is 1.58. The number of hydrogen-bond donors (Lipinski definition) is 1. The number of halogens is 2. The SMILES string of the molecule is O=C(CCN1C(=O)[C@H]2CC=CC[C@@H]2C1=O)Nc1ccc(Cl)cc1Cl. The van der Waals surface area contributed by atoms with Gasteiger partial charge in [-0.25, -0.2) is 0 Å². The Bertz CT molecular complexity index is 707. The first-order valence-electron chi connectivity index (χ1n) is 7.72. The minimum Gasteiger partial charge on any atom is -0.325 e. The lowest BCUT2D eigenvalue weighted by atomic mass is 9.85. The van der Waals surface area contributed by atoms with Crippen molar-refractivity contribution in [3.8, 4) is 0 Å². The smallest absolute Gasteiger partial charge is 0.233 e. The van der Waals surface area contributed by atoms with E-state index in [4.69, 9.17) is 23.2 Å². The van der Waals surface area contributed by atoms with E-state index in [1.54, 1.807) is 12.1 Å². The monoisotopic (exact) mass is 366 g/mol. The minimum absolute atomic E-state index is 0.0311. The van der Waals surface area contributed by atoms with Crippen LogP contribution in [-0.2, 0) is 14.4 Å². The van der Waals surface area contributed by atoms with Gasteiger partial charge in [0, 0.05) is 18.0 Å². The molecule has 1 heterocycles. The maximum atomic E-state index is 12.3. The maximum Gasteiger partial charge on any atom is 0.233 e. The first-order chi connectivity index (χ1) is 11.5. The van der Waals surface area contributed by atoms with Crippen LogP contribution in [0.4, 0.5) is 5.69 Å². The number of imide groups is 1.